The Labute approximate surface area is 84.6 Å². The summed E-state index contributed by atoms with van der Waals surface area (Å²) in [7, 11) is 0. The van der Waals surface area contributed by atoms with Crippen LogP contribution in [0.15, 0.2) is 4.42 Å². The summed E-state index contributed by atoms with van der Waals surface area (Å²) in [5, 5.41) is 0. The minimum absolute atomic E-state index is 0.125. The van der Waals surface area contributed by atoms with Crippen molar-refractivity contribution in [3.63, 3.8) is 0 Å². The zero-order chi connectivity index (χ0) is 9.16. The van der Waals surface area contributed by atoms with Gasteiger partial charge in [0.05, 0.1) is 0 Å². The van der Waals surface area contributed by atoms with E-state index in [1.807, 2.05) is 6.92 Å². The second kappa shape index (κ2) is 2.17. The molecule has 0 amide bonds. The van der Waals surface area contributed by atoms with E-state index in [-0.39, 0.29) is 27.2 Å². The normalized spacial score (nSPS) is 14.8. The van der Waals surface area contributed by atoms with E-state index in [9.17, 15) is 4.79 Å². The van der Waals surface area contributed by atoms with E-state index in [2.05, 4.69) is 4.93 Å². The van der Waals surface area contributed by atoms with Crippen LogP contribution in [0.2, 0.25) is 0 Å². The Kier molecular flexibility index (Phi) is 1.27. The summed E-state index contributed by atoms with van der Waals surface area (Å²) < 4.78 is 11.7. The number of hydrogen-bond donors (Lipinski definition) is 0. The Hall–Kier alpha value is -0.780. The third-order valence-corrected chi connectivity index (χ3v) is 4.43. The van der Waals surface area contributed by atoms with Crippen molar-refractivity contribution in [3.8, 4) is 5.75 Å². The molecule has 2 aromatic heterocycles. The third kappa shape index (κ3) is 0.688. The van der Waals surface area contributed by atoms with E-state index in [1.165, 1.54) is 0 Å². The zero-order valence-corrected chi connectivity index (χ0v) is 9.26. The van der Waals surface area contributed by atoms with Gasteiger partial charge < -0.3 is 0 Å². The molecule has 13 heavy (non-hydrogen) atoms. The third-order valence-electron chi connectivity index (χ3n) is 2.33. The summed E-state index contributed by atoms with van der Waals surface area (Å²) in [6.45, 7) is 1.94. The summed E-state index contributed by atoms with van der Waals surface area (Å²) in [5.41, 5.74) is 3.25. The summed E-state index contributed by atoms with van der Waals surface area (Å²) in [4.78, 5) is 13.5. The SMILES string of the molecule is C[I-]c1c2c3oc1c(C)c3OC2=O. The first-order chi connectivity index (χ1) is 6.24. The van der Waals surface area contributed by atoms with Crippen LogP contribution >= 0.6 is 0 Å². The predicted molar refractivity (Wildman–Crippen MR) is 41.7 cm³/mol. The van der Waals surface area contributed by atoms with Crippen molar-refractivity contribution in [1.82, 2.24) is 0 Å². The van der Waals surface area contributed by atoms with Gasteiger partial charge in [-0.05, 0) is 0 Å². The van der Waals surface area contributed by atoms with Crippen LogP contribution in [0.25, 0.3) is 11.2 Å². The van der Waals surface area contributed by atoms with Gasteiger partial charge in [-0.1, -0.05) is 0 Å². The Morgan fingerprint density at radius 3 is 2.77 bits per heavy atom. The molecule has 0 radical (unpaired) electrons. The fourth-order valence-electron chi connectivity index (χ4n) is 1.71. The van der Waals surface area contributed by atoms with Crippen molar-refractivity contribution >= 4 is 17.1 Å². The molecule has 0 N–H and O–H groups in total. The Bertz CT molecular complexity index is 512. The number of carbonyl (C=O) groups excluding carboxylic acids is 1. The molecule has 1 aliphatic heterocycles. The summed E-state index contributed by atoms with van der Waals surface area (Å²) >= 11 is -0.125. The van der Waals surface area contributed by atoms with Crippen LogP contribution in [0.1, 0.15) is 15.9 Å². The number of benzene rings is 1. The number of hydrogen-bond acceptors (Lipinski definition) is 3. The van der Waals surface area contributed by atoms with E-state index in [0.717, 1.165) is 14.7 Å². The summed E-state index contributed by atoms with van der Waals surface area (Å²) in [6.07, 6.45) is 0. The van der Waals surface area contributed by atoms with Gasteiger partial charge in [0.2, 0.25) is 0 Å². The number of alkyl halides is 1. The maximum atomic E-state index is 11.4. The molecule has 68 valence electrons. The molecule has 3 nitrogen and oxygen atoms in total. The number of esters is 1. The van der Waals surface area contributed by atoms with Crippen LogP contribution < -0.4 is 25.9 Å². The van der Waals surface area contributed by atoms with Gasteiger partial charge in [-0.25, -0.2) is 0 Å². The van der Waals surface area contributed by atoms with E-state index in [4.69, 9.17) is 9.15 Å². The number of aryl methyl sites for hydroxylation is 1. The van der Waals surface area contributed by atoms with Crippen LogP contribution in [0.3, 0.4) is 0 Å². The standard InChI is InChI=1S/C9H6IO3/c1-3-6-5(10-2)4-8(12-6)7(3)13-9(4)11/h1-2H3/q-1. The average Bonchev–Trinajstić information content (AvgIpc) is 2.68. The molecule has 1 aliphatic rings. The molecule has 0 aromatic carbocycles. The summed E-state index contributed by atoms with van der Waals surface area (Å²) in [6, 6.07) is 0. The van der Waals surface area contributed by atoms with Crippen molar-refractivity contribution in [2.45, 2.75) is 6.92 Å². The second-order valence-electron chi connectivity index (χ2n) is 2.98. The Balaban J connectivity index is 2.51. The molecular formula is C9H6IO3-. The van der Waals surface area contributed by atoms with Crippen molar-refractivity contribution in [2.24, 2.45) is 0 Å². The quantitative estimate of drug-likeness (QED) is 0.368. The topological polar surface area (TPSA) is 39.4 Å². The van der Waals surface area contributed by atoms with E-state index < -0.39 is 0 Å². The van der Waals surface area contributed by atoms with E-state index in [1.54, 1.807) is 0 Å². The molecule has 4 heteroatoms. The van der Waals surface area contributed by atoms with Gasteiger partial charge in [-0.15, -0.1) is 0 Å². The number of fused-ring (bicyclic) bond motifs is 1. The molecule has 3 heterocycles. The van der Waals surface area contributed by atoms with Gasteiger partial charge in [-0.2, -0.15) is 0 Å². The fourth-order valence-corrected chi connectivity index (χ4v) is 3.72. The summed E-state index contributed by atoms with van der Waals surface area (Å²) in [5.74, 6) is 0.421. The van der Waals surface area contributed by atoms with Gasteiger partial charge in [0, 0.05) is 0 Å². The molecule has 3 rings (SSSR count). The van der Waals surface area contributed by atoms with Crippen molar-refractivity contribution in [2.75, 3.05) is 4.93 Å². The number of rotatable bonds is 1. The molecule has 0 saturated carbocycles. The molecule has 0 saturated heterocycles. The molecule has 0 atom stereocenters. The fraction of sp³-hybridized carbons (Fsp3) is 0.222. The maximum absolute atomic E-state index is 11.4. The Morgan fingerprint density at radius 2 is 2.08 bits per heavy atom. The first kappa shape index (κ1) is 7.61. The van der Waals surface area contributed by atoms with Crippen LogP contribution in [0.4, 0.5) is 0 Å². The Morgan fingerprint density at radius 1 is 1.31 bits per heavy atom. The van der Waals surface area contributed by atoms with Crippen LogP contribution in [0, 0.1) is 10.5 Å². The molecule has 2 aromatic rings. The first-order valence-electron chi connectivity index (χ1n) is 3.84. The molecule has 0 fully saturated rings. The monoisotopic (exact) mass is 289 g/mol. The van der Waals surface area contributed by atoms with Gasteiger partial charge in [0.25, 0.3) is 0 Å². The van der Waals surface area contributed by atoms with Gasteiger partial charge >= 0.3 is 84.6 Å². The number of furan rings is 2. The van der Waals surface area contributed by atoms with Crippen LogP contribution in [-0.4, -0.2) is 10.9 Å². The van der Waals surface area contributed by atoms with Crippen molar-refractivity contribution < 1.29 is 35.2 Å². The number of ether oxygens (including phenoxy) is 1. The molecule has 0 spiro atoms. The average molecular weight is 289 g/mol. The zero-order valence-electron chi connectivity index (χ0n) is 7.10. The van der Waals surface area contributed by atoms with Gasteiger partial charge in [0.1, 0.15) is 0 Å². The van der Waals surface area contributed by atoms with Crippen LogP contribution in [0.5, 0.6) is 5.75 Å². The first-order valence-corrected chi connectivity index (χ1v) is 7.07. The van der Waals surface area contributed by atoms with Crippen LogP contribution in [-0.2, 0) is 0 Å². The van der Waals surface area contributed by atoms with Crippen molar-refractivity contribution in [1.29, 1.82) is 0 Å². The molecular weight excluding hydrogens is 283 g/mol. The number of halogens is 1. The molecule has 0 unspecified atom stereocenters. The van der Waals surface area contributed by atoms with Crippen molar-refractivity contribution in [3.05, 3.63) is 14.7 Å². The molecule has 0 aliphatic carbocycles. The van der Waals surface area contributed by atoms with E-state index >= 15 is 0 Å². The minimum atomic E-state index is -0.228. The molecule has 2 bridgehead atoms. The second-order valence-corrected chi connectivity index (χ2v) is 5.14. The van der Waals surface area contributed by atoms with Gasteiger partial charge in [-0.3, -0.25) is 0 Å². The number of carbonyl (C=O) groups is 1. The van der Waals surface area contributed by atoms with Gasteiger partial charge in [0.15, 0.2) is 0 Å². The van der Waals surface area contributed by atoms with E-state index in [0.29, 0.717) is 16.9 Å². The predicted octanol–water partition coefficient (Wildman–Crippen LogP) is -1.40.